The van der Waals surface area contributed by atoms with Gasteiger partial charge in [0.15, 0.2) is 0 Å². The van der Waals surface area contributed by atoms with Crippen LogP contribution in [0.1, 0.15) is 162 Å². The summed E-state index contributed by atoms with van der Waals surface area (Å²) in [5, 5.41) is 0. The van der Waals surface area contributed by atoms with Gasteiger partial charge < -0.3 is 9.79 Å². The van der Waals surface area contributed by atoms with Gasteiger partial charge in [0.1, 0.15) is 5.60 Å². The molecule has 2 aromatic carbocycles. The van der Waals surface area contributed by atoms with Gasteiger partial charge in [-0.3, -0.25) is 4.52 Å². The first kappa shape index (κ1) is 34.9. The Morgan fingerprint density at radius 2 is 0.950 bits per heavy atom. The minimum atomic E-state index is -2.62. The summed E-state index contributed by atoms with van der Waals surface area (Å²) in [6.45, 7) is 29.2. The van der Waals surface area contributed by atoms with Crippen LogP contribution in [-0.2, 0) is 31.8 Å². The van der Waals surface area contributed by atoms with Crippen molar-refractivity contribution in [1.29, 1.82) is 0 Å². The lowest BCUT2D eigenvalue weighted by atomic mass is 9.68. The van der Waals surface area contributed by atoms with Crippen LogP contribution in [0.4, 0.5) is 0 Å². The van der Waals surface area contributed by atoms with Gasteiger partial charge in [-0.2, -0.15) is 0 Å². The van der Waals surface area contributed by atoms with E-state index in [1.165, 1.54) is 41.5 Å². The summed E-state index contributed by atoms with van der Waals surface area (Å²) in [5.41, 5.74) is 5.69. The molecule has 0 spiro atoms. The van der Waals surface area contributed by atoms with E-state index >= 15 is 0 Å². The monoisotopic (exact) mass is 570 g/mol. The van der Waals surface area contributed by atoms with Crippen LogP contribution < -0.4 is 0 Å². The van der Waals surface area contributed by atoms with E-state index in [0.29, 0.717) is 6.42 Å². The first-order valence-electron chi connectivity index (χ1n) is 15.3. The molecular weight excluding hydrogens is 511 g/mol. The van der Waals surface area contributed by atoms with E-state index in [1.54, 1.807) is 0 Å². The van der Waals surface area contributed by atoms with Crippen molar-refractivity contribution in [2.24, 2.45) is 0 Å². The molecule has 3 nitrogen and oxygen atoms in total. The van der Waals surface area contributed by atoms with E-state index in [9.17, 15) is 9.79 Å². The summed E-state index contributed by atoms with van der Waals surface area (Å²) >= 11 is 0. The minimum absolute atomic E-state index is 0.00625. The summed E-state index contributed by atoms with van der Waals surface area (Å²) < 4.78 is 6.52. The molecule has 0 bridgehead atoms. The molecule has 0 aliphatic heterocycles. The Morgan fingerprint density at radius 1 is 0.550 bits per heavy atom. The van der Waals surface area contributed by atoms with E-state index in [0.717, 1.165) is 24.0 Å². The Labute approximate surface area is 248 Å². The van der Waals surface area contributed by atoms with Crippen LogP contribution in [-0.4, -0.2) is 9.79 Å². The molecule has 2 aromatic rings. The summed E-state index contributed by atoms with van der Waals surface area (Å²) in [4.78, 5) is 21.2. The molecule has 2 N–H and O–H groups in total. The molecule has 0 radical (unpaired) electrons. The SMILES string of the molecule is CCCCCCCC(OP(O)O)(c1ccc(C(C)(C)C)cc1C(C)(C)C)c1ccc(C(C)(C)C)cc1C(C)(C)C. The van der Waals surface area contributed by atoms with Crippen LogP contribution in [0.3, 0.4) is 0 Å². The zero-order valence-electron chi connectivity index (χ0n) is 28.0. The summed E-state index contributed by atoms with van der Waals surface area (Å²) in [5.74, 6) is 0. The smallest absolute Gasteiger partial charge is 0.328 e. The van der Waals surface area contributed by atoms with Crippen molar-refractivity contribution >= 4 is 8.60 Å². The largest absolute Gasteiger partial charge is 0.328 e. The Kier molecular flexibility index (Phi) is 11.3. The molecule has 0 atom stereocenters. The molecule has 0 amide bonds. The number of benzene rings is 2. The highest BCUT2D eigenvalue weighted by Crippen LogP contribution is 2.52. The highest BCUT2D eigenvalue weighted by atomic mass is 31.2. The first-order chi connectivity index (χ1) is 18.1. The van der Waals surface area contributed by atoms with E-state index in [1.807, 2.05) is 0 Å². The van der Waals surface area contributed by atoms with Gasteiger partial charge in [0.2, 0.25) is 0 Å². The van der Waals surface area contributed by atoms with Crippen molar-refractivity contribution in [3.8, 4) is 0 Å². The van der Waals surface area contributed by atoms with Gasteiger partial charge in [-0.05, 0) is 67.9 Å². The standard InChI is InChI=1S/C36H59O3P/c1-14-15-16-17-18-23-36(39-40(37)38,28-21-19-26(32(2,3)4)24-30(28)34(8,9)10)29-22-20-27(33(5,6)7)25-31(29)35(11,12)13/h19-22,24-25,37-38H,14-18,23H2,1-13H3. The van der Waals surface area contributed by atoms with E-state index in [-0.39, 0.29) is 21.7 Å². The lowest BCUT2D eigenvalue weighted by molar-refractivity contribution is 0.0755. The normalized spacial score (nSPS) is 13.8. The number of unbranched alkanes of at least 4 members (excludes halogenated alkanes) is 4. The van der Waals surface area contributed by atoms with Crippen molar-refractivity contribution in [2.45, 2.75) is 156 Å². The third-order valence-corrected chi connectivity index (χ3v) is 8.60. The highest BCUT2D eigenvalue weighted by molar-refractivity contribution is 7.39. The maximum absolute atomic E-state index is 10.6. The summed E-state index contributed by atoms with van der Waals surface area (Å²) in [7, 11) is -2.62. The molecule has 40 heavy (non-hydrogen) atoms. The fourth-order valence-corrected chi connectivity index (χ4v) is 6.21. The number of hydrogen-bond donors (Lipinski definition) is 2. The van der Waals surface area contributed by atoms with Crippen molar-refractivity contribution < 1.29 is 14.3 Å². The average molecular weight is 571 g/mol. The third kappa shape index (κ3) is 8.64. The van der Waals surface area contributed by atoms with Crippen LogP contribution in [0.15, 0.2) is 36.4 Å². The predicted octanol–water partition coefficient (Wildman–Crippen LogP) is 10.7. The fourth-order valence-electron chi connectivity index (χ4n) is 5.64. The van der Waals surface area contributed by atoms with Crippen LogP contribution in [0, 0.1) is 0 Å². The Hall–Kier alpha value is -1.25. The van der Waals surface area contributed by atoms with E-state index in [2.05, 4.69) is 126 Å². The second kappa shape index (κ2) is 12.9. The predicted molar refractivity (Wildman–Crippen MR) is 174 cm³/mol. The van der Waals surface area contributed by atoms with Gasteiger partial charge >= 0.3 is 8.60 Å². The van der Waals surface area contributed by atoms with Crippen LogP contribution in [0.25, 0.3) is 0 Å². The zero-order chi connectivity index (χ0) is 30.7. The average Bonchev–Trinajstić information content (AvgIpc) is 2.80. The lowest BCUT2D eigenvalue weighted by Gasteiger charge is -2.42. The minimum Gasteiger partial charge on any atom is -0.328 e. The lowest BCUT2D eigenvalue weighted by Crippen LogP contribution is -2.36. The zero-order valence-corrected chi connectivity index (χ0v) is 28.9. The van der Waals surface area contributed by atoms with Gasteiger partial charge in [-0.15, -0.1) is 0 Å². The Morgan fingerprint density at radius 3 is 1.27 bits per heavy atom. The van der Waals surface area contributed by atoms with Crippen molar-refractivity contribution in [3.63, 3.8) is 0 Å². The molecule has 2 rings (SSSR count). The highest BCUT2D eigenvalue weighted by Gasteiger charge is 2.44. The topological polar surface area (TPSA) is 49.7 Å². The summed E-state index contributed by atoms with van der Waals surface area (Å²) in [6, 6.07) is 13.5. The molecule has 0 fully saturated rings. The Balaban J connectivity index is 3.05. The maximum atomic E-state index is 10.6. The molecule has 0 aliphatic rings. The van der Waals surface area contributed by atoms with Gasteiger partial charge in [0.25, 0.3) is 0 Å². The van der Waals surface area contributed by atoms with Crippen LogP contribution in [0.2, 0.25) is 0 Å². The fraction of sp³-hybridized carbons (Fsp3) is 0.667. The van der Waals surface area contributed by atoms with Crippen molar-refractivity contribution in [2.75, 3.05) is 0 Å². The Bertz CT molecular complexity index is 1030. The molecule has 0 aromatic heterocycles. The van der Waals surface area contributed by atoms with Crippen molar-refractivity contribution in [3.05, 3.63) is 69.8 Å². The molecule has 0 saturated carbocycles. The molecular formula is C36H59O3P. The first-order valence-corrected chi connectivity index (χ1v) is 16.5. The molecule has 0 unspecified atom stereocenters. The molecule has 0 heterocycles. The molecule has 226 valence electrons. The quantitative estimate of drug-likeness (QED) is 0.221. The second-order valence-electron chi connectivity index (χ2n) is 15.9. The molecule has 0 aliphatic carbocycles. The second-order valence-corrected chi connectivity index (χ2v) is 16.5. The number of rotatable bonds is 10. The van der Waals surface area contributed by atoms with E-state index < -0.39 is 14.2 Å². The number of hydrogen-bond acceptors (Lipinski definition) is 3. The summed E-state index contributed by atoms with van der Waals surface area (Å²) in [6.07, 6.45) is 6.28. The third-order valence-electron chi connectivity index (χ3n) is 8.13. The van der Waals surface area contributed by atoms with Gasteiger partial charge in [0, 0.05) is 0 Å². The molecule has 0 saturated heterocycles. The van der Waals surface area contributed by atoms with Crippen molar-refractivity contribution in [1.82, 2.24) is 0 Å². The van der Waals surface area contributed by atoms with Gasteiger partial charge in [-0.1, -0.05) is 152 Å². The van der Waals surface area contributed by atoms with Gasteiger partial charge in [0.05, 0.1) is 0 Å². The maximum Gasteiger partial charge on any atom is 0.328 e. The van der Waals surface area contributed by atoms with Crippen LogP contribution >= 0.6 is 8.60 Å². The van der Waals surface area contributed by atoms with Gasteiger partial charge in [-0.25, -0.2) is 0 Å². The molecule has 4 heteroatoms. The van der Waals surface area contributed by atoms with E-state index in [4.69, 9.17) is 4.52 Å². The van der Waals surface area contributed by atoms with Crippen LogP contribution in [0.5, 0.6) is 0 Å².